The summed E-state index contributed by atoms with van der Waals surface area (Å²) in [6, 6.07) is 10.4. The van der Waals surface area contributed by atoms with Crippen LogP contribution >= 0.6 is 11.6 Å². The van der Waals surface area contributed by atoms with Crippen LogP contribution in [-0.2, 0) is 11.2 Å². The number of pyridine rings is 1. The van der Waals surface area contributed by atoms with Crippen molar-refractivity contribution in [1.29, 1.82) is 0 Å². The number of carbonyl (C=O) groups is 1. The average Bonchev–Trinajstić information content (AvgIpc) is 2.45. The average molecular weight is 292 g/mol. The van der Waals surface area contributed by atoms with E-state index in [9.17, 15) is 9.90 Å². The minimum absolute atomic E-state index is 0.285. The second-order valence-electron chi connectivity index (χ2n) is 4.30. The predicted molar refractivity (Wildman–Crippen MR) is 76.3 cm³/mol. The first-order valence-electron chi connectivity index (χ1n) is 6.08. The van der Waals surface area contributed by atoms with Crippen LogP contribution in [0.2, 0.25) is 5.02 Å². The largest absolute Gasteiger partial charge is 0.496 e. The maximum atomic E-state index is 11.6. The third kappa shape index (κ3) is 3.27. The van der Waals surface area contributed by atoms with E-state index in [1.165, 1.54) is 7.11 Å². The number of aliphatic carboxylic acids is 1. The molecule has 20 heavy (non-hydrogen) atoms. The van der Waals surface area contributed by atoms with Crippen molar-refractivity contribution in [3.63, 3.8) is 0 Å². The first-order valence-corrected chi connectivity index (χ1v) is 6.45. The van der Waals surface area contributed by atoms with Crippen molar-refractivity contribution in [2.45, 2.75) is 12.3 Å². The van der Waals surface area contributed by atoms with Gasteiger partial charge < -0.3 is 9.84 Å². The second-order valence-corrected chi connectivity index (χ2v) is 4.74. The van der Waals surface area contributed by atoms with Crippen LogP contribution in [0.3, 0.4) is 0 Å². The number of nitrogens with zero attached hydrogens (tertiary/aromatic N) is 1. The molecular weight excluding hydrogens is 278 g/mol. The Kier molecular flexibility index (Phi) is 4.58. The van der Waals surface area contributed by atoms with Crippen molar-refractivity contribution < 1.29 is 14.6 Å². The minimum Gasteiger partial charge on any atom is -0.496 e. The number of benzene rings is 1. The van der Waals surface area contributed by atoms with E-state index in [4.69, 9.17) is 16.3 Å². The van der Waals surface area contributed by atoms with E-state index >= 15 is 0 Å². The summed E-state index contributed by atoms with van der Waals surface area (Å²) in [5, 5.41) is 9.95. The van der Waals surface area contributed by atoms with Gasteiger partial charge in [0, 0.05) is 28.9 Å². The van der Waals surface area contributed by atoms with Gasteiger partial charge in [0.1, 0.15) is 5.75 Å². The maximum Gasteiger partial charge on any atom is 0.311 e. The summed E-state index contributed by atoms with van der Waals surface area (Å²) in [5.74, 6) is -1.17. The smallest absolute Gasteiger partial charge is 0.311 e. The van der Waals surface area contributed by atoms with Gasteiger partial charge in [0.2, 0.25) is 0 Å². The third-order valence-electron chi connectivity index (χ3n) is 3.00. The lowest BCUT2D eigenvalue weighted by atomic mass is 9.93. The molecule has 0 bridgehead atoms. The molecule has 1 aromatic carbocycles. The van der Waals surface area contributed by atoms with E-state index < -0.39 is 11.9 Å². The fourth-order valence-electron chi connectivity index (χ4n) is 2.04. The molecule has 1 aromatic heterocycles. The van der Waals surface area contributed by atoms with Gasteiger partial charge in [-0.15, -0.1) is 0 Å². The van der Waals surface area contributed by atoms with Crippen LogP contribution in [0.15, 0.2) is 42.6 Å². The van der Waals surface area contributed by atoms with Crippen molar-refractivity contribution in [2.75, 3.05) is 7.11 Å². The molecule has 0 saturated carbocycles. The first-order chi connectivity index (χ1) is 9.61. The Labute approximate surface area is 122 Å². The Morgan fingerprint density at radius 1 is 1.40 bits per heavy atom. The van der Waals surface area contributed by atoms with E-state index in [1.54, 1.807) is 36.5 Å². The topological polar surface area (TPSA) is 59.4 Å². The van der Waals surface area contributed by atoms with Gasteiger partial charge in [-0.25, -0.2) is 0 Å². The first kappa shape index (κ1) is 14.3. The van der Waals surface area contributed by atoms with Gasteiger partial charge >= 0.3 is 5.97 Å². The molecule has 1 N–H and O–H groups in total. The lowest BCUT2D eigenvalue weighted by Crippen LogP contribution is -2.16. The molecule has 2 rings (SSSR count). The highest BCUT2D eigenvalue weighted by Gasteiger charge is 2.24. The van der Waals surface area contributed by atoms with Crippen LogP contribution in [-0.4, -0.2) is 23.2 Å². The molecule has 0 amide bonds. The zero-order valence-electron chi connectivity index (χ0n) is 10.9. The molecule has 0 fully saturated rings. The molecule has 0 radical (unpaired) electrons. The van der Waals surface area contributed by atoms with Crippen molar-refractivity contribution in [3.8, 4) is 5.75 Å². The summed E-state index contributed by atoms with van der Waals surface area (Å²) in [6.07, 6.45) is 1.93. The highest BCUT2D eigenvalue weighted by atomic mass is 35.5. The second kappa shape index (κ2) is 6.39. The van der Waals surface area contributed by atoms with Crippen molar-refractivity contribution in [1.82, 2.24) is 4.98 Å². The van der Waals surface area contributed by atoms with Crippen molar-refractivity contribution in [3.05, 3.63) is 58.9 Å². The predicted octanol–water partition coefficient (Wildman–Crippen LogP) is 3.15. The summed E-state index contributed by atoms with van der Waals surface area (Å²) in [4.78, 5) is 15.7. The molecule has 0 aliphatic heterocycles. The van der Waals surface area contributed by atoms with Gasteiger partial charge in [-0.1, -0.05) is 17.7 Å². The lowest BCUT2D eigenvalue weighted by molar-refractivity contribution is -0.138. The number of carboxylic acids is 1. The van der Waals surface area contributed by atoms with E-state index in [0.717, 1.165) is 0 Å². The summed E-state index contributed by atoms with van der Waals surface area (Å²) in [7, 11) is 1.51. The van der Waals surface area contributed by atoms with Crippen LogP contribution in [0.5, 0.6) is 5.75 Å². The normalized spacial score (nSPS) is 11.9. The monoisotopic (exact) mass is 291 g/mol. The Hall–Kier alpha value is -2.07. The fraction of sp³-hybridized carbons (Fsp3) is 0.200. The Bertz CT molecular complexity index is 601. The minimum atomic E-state index is -0.934. The summed E-state index contributed by atoms with van der Waals surface area (Å²) in [5.41, 5.74) is 1.26. The van der Waals surface area contributed by atoms with Crippen LogP contribution in [0.1, 0.15) is 17.2 Å². The molecule has 0 saturated heterocycles. The SMILES string of the molecule is COc1ccc(Cl)cc1C(Cc1ccccn1)C(=O)O. The molecule has 2 aromatic rings. The number of hydrogen-bond donors (Lipinski definition) is 1. The molecule has 1 atom stereocenters. The van der Waals surface area contributed by atoms with Gasteiger partial charge in [0.05, 0.1) is 13.0 Å². The molecule has 4 nitrogen and oxygen atoms in total. The molecule has 0 spiro atoms. The molecule has 104 valence electrons. The highest BCUT2D eigenvalue weighted by Crippen LogP contribution is 2.31. The number of carboxylic acid groups (broad SMARTS) is 1. The standard InChI is InChI=1S/C15H14ClNO3/c1-20-14-6-5-10(16)8-12(14)13(15(18)19)9-11-4-2-3-7-17-11/h2-8,13H,9H2,1H3,(H,18,19). The number of hydrogen-bond acceptors (Lipinski definition) is 3. The fourth-order valence-corrected chi connectivity index (χ4v) is 2.22. The summed E-state index contributed by atoms with van der Waals surface area (Å²) >= 11 is 5.96. The van der Waals surface area contributed by atoms with Crippen LogP contribution in [0.4, 0.5) is 0 Å². The van der Waals surface area contributed by atoms with E-state index in [2.05, 4.69) is 4.98 Å². The highest BCUT2D eigenvalue weighted by molar-refractivity contribution is 6.30. The van der Waals surface area contributed by atoms with Gasteiger partial charge in [-0.2, -0.15) is 0 Å². The van der Waals surface area contributed by atoms with Crippen LogP contribution in [0, 0.1) is 0 Å². The number of halogens is 1. The lowest BCUT2D eigenvalue weighted by Gasteiger charge is -2.16. The van der Waals surface area contributed by atoms with E-state index in [1.807, 2.05) is 6.07 Å². The Morgan fingerprint density at radius 2 is 2.20 bits per heavy atom. The summed E-state index contributed by atoms with van der Waals surface area (Å²) in [6.45, 7) is 0. The zero-order valence-corrected chi connectivity index (χ0v) is 11.7. The van der Waals surface area contributed by atoms with E-state index in [-0.39, 0.29) is 6.42 Å². The van der Waals surface area contributed by atoms with E-state index in [0.29, 0.717) is 22.0 Å². The summed E-state index contributed by atoms with van der Waals surface area (Å²) < 4.78 is 5.23. The molecule has 1 unspecified atom stereocenters. The molecule has 0 aliphatic carbocycles. The number of methoxy groups -OCH3 is 1. The van der Waals surface area contributed by atoms with Crippen molar-refractivity contribution in [2.24, 2.45) is 0 Å². The number of aromatic nitrogens is 1. The molecular formula is C15H14ClNO3. The maximum absolute atomic E-state index is 11.6. The van der Waals surface area contributed by atoms with Gasteiger partial charge in [-0.05, 0) is 30.3 Å². The van der Waals surface area contributed by atoms with Crippen molar-refractivity contribution >= 4 is 17.6 Å². The molecule has 5 heteroatoms. The number of rotatable bonds is 5. The van der Waals surface area contributed by atoms with Gasteiger partial charge in [-0.3, -0.25) is 9.78 Å². The van der Waals surface area contributed by atoms with Gasteiger partial charge in [0.25, 0.3) is 0 Å². The number of ether oxygens (including phenoxy) is 1. The molecule has 1 heterocycles. The zero-order chi connectivity index (χ0) is 14.5. The van der Waals surface area contributed by atoms with Crippen LogP contribution < -0.4 is 4.74 Å². The Balaban J connectivity index is 2.38. The quantitative estimate of drug-likeness (QED) is 0.919. The van der Waals surface area contributed by atoms with Crippen LogP contribution in [0.25, 0.3) is 0 Å². The Morgan fingerprint density at radius 3 is 2.80 bits per heavy atom. The third-order valence-corrected chi connectivity index (χ3v) is 3.24. The van der Waals surface area contributed by atoms with Gasteiger partial charge in [0.15, 0.2) is 0 Å². The molecule has 0 aliphatic rings.